The first-order chi connectivity index (χ1) is 21.5. The fourth-order valence-corrected chi connectivity index (χ4v) is 12.0. The van der Waals surface area contributed by atoms with Crippen LogP contribution in [0.4, 0.5) is 0 Å². The van der Waals surface area contributed by atoms with E-state index in [-0.39, 0.29) is 47.7 Å². The average Bonchev–Trinajstić information content (AvgIpc) is 3.38. The molecule has 5 unspecified atom stereocenters. The summed E-state index contributed by atoms with van der Waals surface area (Å²) in [5.41, 5.74) is -1.68. The van der Waals surface area contributed by atoms with Crippen molar-refractivity contribution in [3.05, 3.63) is 11.6 Å². The lowest BCUT2D eigenvalue weighted by molar-refractivity contribution is -0.335. The number of aliphatic hydroxyl groups excluding tert-OH is 8. The van der Waals surface area contributed by atoms with Crippen LogP contribution in [0.1, 0.15) is 99.3 Å². The van der Waals surface area contributed by atoms with Gasteiger partial charge in [0, 0.05) is 5.41 Å². The Morgan fingerprint density at radius 3 is 2.20 bits per heavy atom. The molecule has 10 heteroatoms. The smallest absolute Gasteiger partial charge is 0.187 e. The van der Waals surface area contributed by atoms with E-state index in [1.807, 2.05) is 19.9 Å². The highest BCUT2D eigenvalue weighted by Gasteiger charge is 2.74. The molecule has 0 aromatic heterocycles. The van der Waals surface area contributed by atoms with Crippen molar-refractivity contribution in [2.45, 2.75) is 148 Å². The van der Waals surface area contributed by atoms with Crippen molar-refractivity contribution in [2.24, 2.45) is 45.3 Å². The largest absolute Gasteiger partial charge is 0.396 e. The maximum absolute atomic E-state index is 12.2. The summed E-state index contributed by atoms with van der Waals surface area (Å²) in [5, 5.41) is 86.1. The molecule has 15 atom stereocenters. The number of rotatable bonds is 9. The highest BCUT2D eigenvalue weighted by atomic mass is 16.7. The second-order valence-corrected chi connectivity index (χ2v) is 17.1. The standard InChI is InChI=1S/C36H62O10/c1-20(17-37)8-7-13-35(6,46-31-30(44)29(43)28(42)23(18-38)45-31)22-11-15-34(5)21(22)9-10-24-33(4)14-12-26(40)32(2,3)25(33)16-27(41)36(24,34)19-39/h8,21-31,37-44H,7,9-19H2,1-6H3/t21-,22+,23?,24-,25+,26+,27+,28?,29?,30?,31?,33-,34-,35+,36+/m1/s1. The van der Waals surface area contributed by atoms with Gasteiger partial charge in [-0.1, -0.05) is 39.3 Å². The van der Waals surface area contributed by atoms with Crippen molar-refractivity contribution in [3.63, 3.8) is 0 Å². The molecule has 266 valence electrons. The van der Waals surface area contributed by atoms with Crippen LogP contribution in [0, 0.1) is 45.3 Å². The summed E-state index contributed by atoms with van der Waals surface area (Å²) in [6.45, 7) is 12.0. The van der Waals surface area contributed by atoms with E-state index in [4.69, 9.17) is 9.47 Å². The van der Waals surface area contributed by atoms with Crippen molar-refractivity contribution in [3.8, 4) is 0 Å². The molecule has 1 heterocycles. The zero-order chi connectivity index (χ0) is 34.0. The van der Waals surface area contributed by atoms with Crippen LogP contribution >= 0.6 is 0 Å². The maximum Gasteiger partial charge on any atom is 0.187 e. The fourth-order valence-electron chi connectivity index (χ4n) is 12.0. The molecular weight excluding hydrogens is 592 g/mol. The molecule has 1 saturated heterocycles. The third kappa shape index (κ3) is 5.37. The zero-order valence-electron chi connectivity index (χ0n) is 28.8. The molecule has 10 nitrogen and oxygen atoms in total. The van der Waals surface area contributed by atoms with Gasteiger partial charge in [0.1, 0.15) is 24.4 Å². The molecule has 46 heavy (non-hydrogen) atoms. The third-order valence-corrected chi connectivity index (χ3v) is 14.8. The minimum absolute atomic E-state index is 0.0422. The van der Waals surface area contributed by atoms with Gasteiger partial charge >= 0.3 is 0 Å². The Morgan fingerprint density at radius 1 is 0.870 bits per heavy atom. The van der Waals surface area contributed by atoms with E-state index < -0.39 is 66.0 Å². The lowest BCUT2D eigenvalue weighted by Crippen LogP contribution is -2.71. The summed E-state index contributed by atoms with van der Waals surface area (Å²) in [5.74, 6) is 0.241. The number of hydrogen-bond donors (Lipinski definition) is 8. The van der Waals surface area contributed by atoms with Gasteiger partial charge in [-0.2, -0.15) is 0 Å². The lowest BCUT2D eigenvalue weighted by atomic mass is 9.34. The quantitative estimate of drug-likeness (QED) is 0.172. The van der Waals surface area contributed by atoms with E-state index in [9.17, 15) is 40.9 Å². The molecule has 5 fully saturated rings. The summed E-state index contributed by atoms with van der Waals surface area (Å²) in [7, 11) is 0. The van der Waals surface area contributed by atoms with Gasteiger partial charge in [0.2, 0.25) is 0 Å². The van der Waals surface area contributed by atoms with E-state index in [1.54, 1.807) is 0 Å². The summed E-state index contributed by atoms with van der Waals surface area (Å²) < 4.78 is 12.6. The molecule has 4 aliphatic carbocycles. The molecule has 5 aliphatic rings. The predicted molar refractivity (Wildman–Crippen MR) is 171 cm³/mol. The molecule has 5 rings (SSSR count). The van der Waals surface area contributed by atoms with E-state index in [2.05, 4.69) is 27.7 Å². The van der Waals surface area contributed by atoms with Crippen LogP contribution in [0.25, 0.3) is 0 Å². The van der Waals surface area contributed by atoms with Gasteiger partial charge in [0.05, 0.1) is 37.6 Å². The normalized spacial score (nSPS) is 50.3. The first kappa shape index (κ1) is 36.6. The van der Waals surface area contributed by atoms with Gasteiger partial charge in [-0.3, -0.25) is 0 Å². The van der Waals surface area contributed by atoms with Crippen molar-refractivity contribution in [1.29, 1.82) is 0 Å². The van der Waals surface area contributed by atoms with Crippen LogP contribution in [-0.4, -0.2) is 109 Å². The number of allylic oxidation sites excluding steroid dienone is 1. The number of fused-ring (bicyclic) bond motifs is 5. The van der Waals surface area contributed by atoms with Crippen LogP contribution < -0.4 is 0 Å². The topological polar surface area (TPSA) is 180 Å². The Hall–Kier alpha value is -0.660. The predicted octanol–water partition coefficient (Wildman–Crippen LogP) is 2.27. The van der Waals surface area contributed by atoms with Gasteiger partial charge in [-0.05, 0) is 112 Å². The van der Waals surface area contributed by atoms with Crippen molar-refractivity contribution in [2.75, 3.05) is 19.8 Å². The first-order valence-corrected chi connectivity index (χ1v) is 17.7. The van der Waals surface area contributed by atoms with E-state index in [0.717, 1.165) is 37.7 Å². The van der Waals surface area contributed by atoms with E-state index >= 15 is 0 Å². The van der Waals surface area contributed by atoms with Crippen molar-refractivity contribution < 1.29 is 50.3 Å². The van der Waals surface area contributed by atoms with Crippen LogP contribution in [-0.2, 0) is 9.47 Å². The van der Waals surface area contributed by atoms with Gasteiger partial charge in [-0.15, -0.1) is 0 Å². The third-order valence-electron chi connectivity index (χ3n) is 14.8. The number of aliphatic hydroxyl groups is 8. The molecule has 4 saturated carbocycles. The highest BCUT2D eigenvalue weighted by Crippen LogP contribution is 2.76. The van der Waals surface area contributed by atoms with Gasteiger partial charge in [0.15, 0.2) is 6.29 Å². The zero-order valence-corrected chi connectivity index (χ0v) is 28.8. The summed E-state index contributed by atoms with van der Waals surface area (Å²) >= 11 is 0. The highest BCUT2D eigenvalue weighted by molar-refractivity contribution is 5.22. The molecule has 0 bridgehead atoms. The Labute approximate surface area is 274 Å². The molecular formula is C36H62O10. The van der Waals surface area contributed by atoms with Gasteiger partial charge in [0.25, 0.3) is 0 Å². The Morgan fingerprint density at radius 2 is 1.57 bits per heavy atom. The summed E-state index contributed by atoms with van der Waals surface area (Å²) in [4.78, 5) is 0. The molecule has 0 amide bonds. The van der Waals surface area contributed by atoms with E-state index in [0.29, 0.717) is 25.7 Å². The minimum atomic E-state index is -1.55. The Bertz CT molecular complexity index is 1110. The van der Waals surface area contributed by atoms with Crippen LogP contribution in [0.3, 0.4) is 0 Å². The van der Waals surface area contributed by atoms with Crippen LogP contribution in [0.2, 0.25) is 0 Å². The lowest BCUT2D eigenvalue weighted by Gasteiger charge is -2.71. The molecule has 1 aliphatic heterocycles. The molecule has 0 spiro atoms. The summed E-state index contributed by atoms with van der Waals surface area (Å²) in [6.07, 6.45) is 0.374. The van der Waals surface area contributed by atoms with Crippen LogP contribution in [0.15, 0.2) is 11.6 Å². The number of ether oxygens (including phenoxy) is 2. The Balaban J connectivity index is 1.51. The second-order valence-electron chi connectivity index (χ2n) is 17.1. The maximum atomic E-state index is 12.2. The number of hydrogen-bond acceptors (Lipinski definition) is 10. The SMILES string of the molecule is CC(=CCC[C@](C)(OC1OC(CO)C(O)C(O)C1O)[C@H]1CC[C@]2(C)[C@@H]1CC[C@@H]1[C@@]3(C)CC[C@H](O)C(C)(C)[C@@H]3C[C@H](O)[C@]12CO)CO. The monoisotopic (exact) mass is 654 g/mol. The fraction of sp³-hybridized carbons (Fsp3) is 0.944. The minimum Gasteiger partial charge on any atom is -0.396 e. The molecule has 0 radical (unpaired) electrons. The second kappa shape index (κ2) is 12.9. The van der Waals surface area contributed by atoms with E-state index in [1.165, 1.54) is 0 Å². The van der Waals surface area contributed by atoms with Crippen molar-refractivity contribution in [1.82, 2.24) is 0 Å². The molecule has 0 aromatic rings. The molecule has 0 aromatic carbocycles. The van der Waals surface area contributed by atoms with Gasteiger partial charge < -0.3 is 50.3 Å². The van der Waals surface area contributed by atoms with Crippen LogP contribution in [0.5, 0.6) is 0 Å². The average molecular weight is 655 g/mol. The van der Waals surface area contributed by atoms with Gasteiger partial charge in [-0.25, -0.2) is 0 Å². The Kier molecular flexibility index (Phi) is 10.3. The molecule has 8 N–H and O–H groups in total. The van der Waals surface area contributed by atoms with Crippen molar-refractivity contribution >= 4 is 0 Å². The first-order valence-electron chi connectivity index (χ1n) is 17.7. The summed E-state index contributed by atoms with van der Waals surface area (Å²) in [6, 6.07) is 0.